The van der Waals surface area contributed by atoms with E-state index in [-0.39, 0.29) is 5.56 Å². The minimum atomic E-state index is -1.81. The van der Waals surface area contributed by atoms with Crippen LogP contribution in [0.25, 0.3) is 0 Å². The Balaban J connectivity index is 2.14. The lowest BCUT2D eigenvalue weighted by atomic mass is 10.2. The van der Waals surface area contributed by atoms with Gasteiger partial charge in [0.25, 0.3) is 6.36 Å². The molecule has 0 fully saturated rings. The molecule has 0 N–H and O–H groups in total. The summed E-state index contributed by atoms with van der Waals surface area (Å²) in [6.45, 7) is 0. The molecule has 2 aromatic rings. The van der Waals surface area contributed by atoms with Gasteiger partial charge in [-0.2, -0.15) is 4.39 Å². The van der Waals surface area contributed by atoms with Gasteiger partial charge >= 0.3 is 0 Å². The van der Waals surface area contributed by atoms with E-state index in [2.05, 4.69) is 15.9 Å². The molecule has 0 bridgehead atoms. The third-order valence-electron chi connectivity index (χ3n) is 2.20. The Morgan fingerprint density at radius 1 is 1.00 bits per heavy atom. The molecule has 4 heteroatoms. The van der Waals surface area contributed by atoms with Crippen molar-refractivity contribution in [3.63, 3.8) is 0 Å². The van der Waals surface area contributed by atoms with Crippen molar-refractivity contribution < 1.29 is 13.5 Å². The molecular formula is C13H9BrF2O. The molecule has 0 saturated carbocycles. The van der Waals surface area contributed by atoms with Crippen molar-refractivity contribution in [1.29, 1.82) is 0 Å². The van der Waals surface area contributed by atoms with Crippen molar-refractivity contribution >= 4 is 15.9 Å². The van der Waals surface area contributed by atoms with E-state index in [1.54, 1.807) is 30.3 Å². The van der Waals surface area contributed by atoms with Crippen LogP contribution >= 0.6 is 15.9 Å². The van der Waals surface area contributed by atoms with E-state index < -0.39 is 12.2 Å². The molecule has 0 radical (unpaired) electrons. The van der Waals surface area contributed by atoms with Gasteiger partial charge in [0.15, 0.2) is 0 Å². The van der Waals surface area contributed by atoms with Gasteiger partial charge in [-0.25, -0.2) is 4.39 Å². The Bertz CT molecular complexity index is 499. The van der Waals surface area contributed by atoms with Crippen molar-refractivity contribution in [3.8, 4) is 5.75 Å². The first-order chi connectivity index (χ1) is 8.16. The lowest BCUT2D eigenvalue weighted by Crippen LogP contribution is -2.03. The topological polar surface area (TPSA) is 9.23 Å². The first-order valence-electron chi connectivity index (χ1n) is 4.97. The SMILES string of the molecule is Fc1ccccc1C(F)Oc1ccc(Br)cc1. The Labute approximate surface area is 106 Å². The number of halogens is 3. The summed E-state index contributed by atoms with van der Waals surface area (Å²) in [5, 5.41) is 0. The smallest absolute Gasteiger partial charge is 0.267 e. The van der Waals surface area contributed by atoms with Crippen molar-refractivity contribution in [2.45, 2.75) is 6.36 Å². The zero-order valence-corrected chi connectivity index (χ0v) is 10.3. The Hall–Kier alpha value is -1.42. The fraction of sp³-hybridized carbons (Fsp3) is 0.0769. The van der Waals surface area contributed by atoms with Gasteiger partial charge in [-0.1, -0.05) is 28.1 Å². The van der Waals surface area contributed by atoms with Crippen molar-refractivity contribution in [1.82, 2.24) is 0 Å². The predicted molar refractivity (Wildman–Crippen MR) is 65.0 cm³/mol. The molecule has 0 aromatic heterocycles. The highest BCUT2D eigenvalue weighted by molar-refractivity contribution is 9.10. The molecule has 0 spiro atoms. The summed E-state index contributed by atoms with van der Waals surface area (Å²) in [7, 11) is 0. The molecule has 0 heterocycles. The minimum Gasteiger partial charge on any atom is -0.456 e. The summed E-state index contributed by atoms with van der Waals surface area (Å²) >= 11 is 3.26. The van der Waals surface area contributed by atoms with Crippen LogP contribution in [0.3, 0.4) is 0 Å². The van der Waals surface area contributed by atoms with E-state index in [9.17, 15) is 8.78 Å². The predicted octanol–water partition coefficient (Wildman–Crippen LogP) is 4.64. The first-order valence-corrected chi connectivity index (χ1v) is 5.77. The normalized spacial score (nSPS) is 12.2. The van der Waals surface area contributed by atoms with E-state index >= 15 is 0 Å². The van der Waals surface area contributed by atoms with Crippen LogP contribution < -0.4 is 4.74 Å². The highest BCUT2D eigenvalue weighted by atomic mass is 79.9. The van der Waals surface area contributed by atoms with Crippen LogP contribution in [0.2, 0.25) is 0 Å². The van der Waals surface area contributed by atoms with E-state index in [1.165, 1.54) is 18.2 Å². The van der Waals surface area contributed by atoms with Crippen LogP contribution in [0.1, 0.15) is 11.9 Å². The zero-order valence-electron chi connectivity index (χ0n) is 8.74. The molecule has 1 nitrogen and oxygen atoms in total. The zero-order chi connectivity index (χ0) is 12.3. The van der Waals surface area contributed by atoms with E-state index in [0.717, 1.165) is 4.47 Å². The van der Waals surface area contributed by atoms with Gasteiger partial charge in [0, 0.05) is 4.47 Å². The first kappa shape index (κ1) is 12.0. The number of hydrogen-bond donors (Lipinski definition) is 0. The summed E-state index contributed by atoms with van der Waals surface area (Å²) in [6.07, 6.45) is -1.81. The average Bonchev–Trinajstić information content (AvgIpc) is 2.32. The minimum absolute atomic E-state index is 0.101. The van der Waals surface area contributed by atoms with Gasteiger partial charge in [0.2, 0.25) is 0 Å². The Morgan fingerprint density at radius 3 is 2.29 bits per heavy atom. The molecule has 0 aliphatic heterocycles. The van der Waals surface area contributed by atoms with Crippen LogP contribution in [-0.2, 0) is 0 Å². The van der Waals surface area contributed by atoms with Gasteiger partial charge in [0.05, 0.1) is 5.56 Å². The molecule has 2 aromatic carbocycles. The molecular weight excluding hydrogens is 290 g/mol. The molecule has 0 aliphatic carbocycles. The highest BCUT2D eigenvalue weighted by Gasteiger charge is 2.15. The van der Waals surface area contributed by atoms with Gasteiger partial charge in [0.1, 0.15) is 11.6 Å². The van der Waals surface area contributed by atoms with Crippen molar-refractivity contribution in [3.05, 3.63) is 64.4 Å². The summed E-state index contributed by atoms with van der Waals surface area (Å²) in [5.41, 5.74) is -0.101. The number of hydrogen-bond acceptors (Lipinski definition) is 1. The van der Waals surface area contributed by atoms with Crippen LogP contribution in [0, 0.1) is 5.82 Å². The molecule has 0 aliphatic rings. The maximum absolute atomic E-state index is 13.7. The van der Waals surface area contributed by atoms with Crippen molar-refractivity contribution in [2.24, 2.45) is 0 Å². The third kappa shape index (κ3) is 3.03. The average molecular weight is 299 g/mol. The summed E-state index contributed by atoms with van der Waals surface area (Å²) < 4.78 is 32.9. The molecule has 1 atom stereocenters. The molecule has 0 saturated heterocycles. The van der Waals surface area contributed by atoms with Crippen molar-refractivity contribution in [2.75, 3.05) is 0 Å². The standard InChI is InChI=1S/C13H9BrF2O/c14-9-5-7-10(8-6-9)17-13(16)11-3-1-2-4-12(11)15/h1-8,13H. The lowest BCUT2D eigenvalue weighted by Gasteiger charge is -2.12. The van der Waals surface area contributed by atoms with E-state index in [1.807, 2.05) is 0 Å². The highest BCUT2D eigenvalue weighted by Crippen LogP contribution is 2.25. The van der Waals surface area contributed by atoms with Crippen LogP contribution in [0.5, 0.6) is 5.75 Å². The van der Waals surface area contributed by atoms with Gasteiger partial charge in [-0.05, 0) is 36.4 Å². The monoisotopic (exact) mass is 298 g/mol. The number of rotatable bonds is 3. The molecule has 1 unspecified atom stereocenters. The Kier molecular flexibility index (Phi) is 3.74. The molecule has 0 amide bonds. The van der Waals surface area contributed by atoms with Gasteiger partial charge in [-0.3, -0.25) is 0 Å². The third-order valence-corrected chi connectivity index (χ3v) is 2.73. The number of benzene rings is 2. The fourth-order valence-corrected chi connectivity index (χ4v) is 1.62. The summed E-state index contributed by atoms with van der Waals surface area (Å²) in [5.74, 6) is -0.263. The summed E-state index contributed by atoms with van der Waals surface area (Å²) in [4.78, 5) is 0. The molecule has 88 valence electrons. The maximum atomic E-state index is 13.7. The second-order valence-electron chi connectivity index (χ2n) is 3.41. The molecule has 17 heavy (non-hydrogen) atoms. The van der Waals surface area contributed by atoms with Crippen LogP contribution in [-0.4, -0.2) is 0 Å². The van der Waals surface area contributed by atoms with E-state index in [0.29, 0.717) is 5.75 Å². The van der Waals surface area contributed by atoms with Gasteiger partial charge < -0.3 is 4.74 Å². The lowest BCUT2D eigenvalue weighted by molar-refractivity contribution is 0.0637. The maximum Gasteiger partial charge on any atom is 0.267 e. The van der Waals surface area contributed by atoms with Crippen LogP contribution in [0.4, 0.5) is 8.78 Å². The van der Waals surface area contributed by atoms with E-state index in [4.69, 9.17) is 4.74 Å². The Morgan fingerprint density at radius 2 is 1.65 bits per heavy atom. The summed E-state index contributed by atoms with van der Waals surface area (Å²) in [6, 6.07) is 12.3. The number of alkyl halides is 1. The molecule has 2 rings (SSSR count). The fourth-order valence-electron chi connectivity index (χ4n) is 1.36. The number of ether oxygens (including phenoxy) is 1. The largest absolute Gasteiger partial charge is 0.456 e. The van der Waals surface area contributed by atoms with Gasteiger partial charge in [-0.15, -0.1) is 0 Å². The van der Waals surface area contributed by atoms with Crippen LogP contribution in [0.15, 0.2) is 53.0 Å². The quantitative estimate of drug-likeness (QED) is 0.802. The second-order valence-corrected chi connectivity index (χ2v) is 4.33. The second kappa shape index (κ2) is 5.27.